The molecule has 2 aliphatic heterocycles. The van der Waals surface area contributed by atoms with E-state index in [2.05, 4.69) is 36.2 Å². The van der Waals surface area contributed by atoms with Crippen LogP contribution >= 0.6 is 0 Å². The maximum atomic E-state index is 14.0. The van der Waals surface area contributed by atoms with Gasteiger partial charge in [-0.25, -0.2) is 9.98 Å². The number of hydrogen-bond donors (Lipinski definition) is 5. The van der Waals surface area contributed by atoms with Crippen molar-refractivity contribution >= 4 is 47.2 Å². The monoisotopic (exact) mass is 600 g/mol. The van der Waals surface area contributed by atoms with Crippen LogP contribution in [0, 0.1) is 5.92 Å². The van der Waals surface area contributed by atoms with E-state index in [0.29, 0.717) is 24.2 Å². The number of hydrogen-bond acceptors (Lipinski definition) is 10. The molecule has 2 aliphatic rings. The zero-order chi connectivity index (χ0) is 31.5. The van der Waals surface area contributed by atoms with Crippen LogP contribution in [0.5, 0.6) is 0 Å². The van der Waals surface area contributed by atoms with Crippen LogP contribution in [0.4, 0.5) is 5.82 Å². The van der Waals surface area contributed by atoms with Gasteiger partial charge < -0.3 is 26.2 Å². The number of aromatic nitrogens is 1. The van der Waals surface area contributed by atoms with E-state index in [1.54, 1.807) is 26.0 Å². The number of carbonyl (C=O) groups excluding carboxylic acids is 4. The summed E-state index contributed by atoms with van der Waals surface area (Å²) in [7, 11) is 0. The first kappa shape index (κ1) is 32.8. The van der Waals surface area contributed by atoms with Gasteiger partial charge in [-0.05, 0) is 24.0 Å². The van der Waals surface area contributed by atoms with Crippen molar-refractivity contribution in [3.05, 3.63) is 23.9 Å². The lowest BCUT2D eigenvalue weighted by Crippen LogP contribution is -2.58. The quantitative estimate of drug-likeness (QED) is 0.177. The van der Waals surface area contributed by atoms with Crippen LogP contribution in [-0.4, -0.2) is 87.9 Å². The molecule has 232 valence electrons. The Hall–Kier alpha value is -4.76. The van der Waals surface area contributed by atoms with E-state index in [9.17, 15) is 33.9 Å². The van der Waals surface area contributed by atoms with Gasteiger partial charge in [0.25, 0.3) is 5.91 Å². The highest BCUT2D eigenvalue weighted by Gasteiger charge is 2.42. The molecule has 3 heterocycles. The van der Waals surface area contributed by atoms with Gasteiger partial charge in [-0.1, -0.05) is 26.3 Å². The van der Waals surface area contributed by atoms with E-state index in [1.807, 2.05) is 0 Å². The molecule has 1 aromatic heterocycles. The maximum Gasteiger partial charge on any atom is 0.303 e. The Labute approximate surface area is 247 Å². The summed E-state index contributed by atoms with van der Waals surface area (Å²) in [6.07, 6.45) is 0.876. The predicted molar refractivity (Wildman–Crippen MR) is 151 cm³/mol. The van der Waals surface area contributed by atoms with Crippen molar-refractivity contribution in [2.45, 2.75) is 76.9 Å². The summed E-state index contributed by atoms with van der Waals surface area (Å²) in [6, 6.07) is -0.124. The number of nitrogens with one attached hydrogen (secondary N) is 3. The van der Waals surface area contributed by atoms with Crippen LogP contribution in [0.3, 0.4) is 0 Å². The first-order chi connectivity index (χ1) is 20.5. The fourth-order valence-corrected chi connectivity index (χ4v) is 4.65. The molecule has 5 N–H and O–H groups in total. The summed E-state index contributed by atoms with van der Waals surface area (Å²) in [6.45, 7) is 3.92. The normalized spacial score (nSPS) is 17.3. The molecule has 0 fully saturated rings. The Morgan fingerprint density at radius 2 is 1.81 bits per heavy atom. The van der Waals surface area contributed by atoms with Gasteiger partial charge in [-0.15, -0.1) is 5.11 Å². The Kier molecular flexibility index (Phi) is 11.8. The highest BCUT2D eigenvalue weighted by molar-refractivity contribution is 6.06. The number of rotatable bonds is 16. The highest BCUT2D eigenvalue weighted by Crippen LogP contribution is 2.31. The van der Waals surface area contributed by atoms with Crippen molar-refractivity contribution in [3.8, 4) is 0 Å². The van der Waals surface area contributed by atoms with Gasteiger partial charge in [0.2, 0.25) is 17.7 Å². The average Bonchev–Trinajstić information content (AvgIpc) is 3.64. The fraction of sp³-hybridized carbons (Fsp3) is 0.556. The number of fused-ring (bicyclic) bond motifs is 1. The molecule has 0 radical (unpaired) electrons. The highest BCUT2D eigenvalue weighted by atomic mass is 16.4. The second-order valence-corrected chi connectivity index (χ2v) is 10.2. The lowest BCUT2D eigenvalue weighted by Gasteiger charge is -2.30. The topological polar surface area (TPSA) is 232 Å². The van der Waals surface area contributed by atoms with Crippen LogP contribution in [0.2, 0.25) is 0 Å². The Bertz CT molecular complexity index is 1300. The number of aliphatic imine (C=N–C) groups is 1. The number of pyridine rings is 1. The van der Waals surface area contributed by atoms with E-state index in [-0.39, 0.29) is 38.3 Å². The number of carboxylic acids is 2. The lowest BCUT2D eigenvalue weighted by atomic mass is 9.97. The van der Waals surface area contributed by atoms with Crippen LogP contribution in [0.15, 0.2) is 33.6 Å². The number of amides is 4. The second kappa shape index (κ2) is 15.5. The standard InChI is InChI=1S/C27H36N8O8/c1-3-15(2)23(33-20(36)7-9-22(39)40)26(42)32-17(6-8-21(37)38)27(43)35-18(13-16-5-4-11-28-24(16)35)25(41)29-12-10-19-30-14-31-34-19/h4-5,11,15,17-18,23H,3,6-10,12-14H2,1-2H3,(H,29,41)(H,32,42)(H,33,36)(H,37,38)(H,39,40)/t15-,17-,18-,23-/m0/s1. The molecule has 0 saturated heterocycles. The molecule has 4 amide bonds. The van der Waals surface area contributed by atoms with Crippen molar-refractivity contribution < 1.29 is 39.0 Å². The molecule has 4 atom stereocenters. The van der Waals surface area contributed by atoms with Crippen LogP contribution < -0.4 is 20.9 Å². The smallest absolute Gasteiger partial charge is 0.303 e. The van der Waals surface area contributed by atoms with E-state index in [1.165, 1.54) is 11.1 Å². The number of amidine groups is 1. The molecule has 0 spiro atoms. The minimum atomic E-state index is -1.37. The van der Waals surface area contributed by atoms with Gasteiger partial charge in [-0.2, -0.15) is 5.11 Å². The lowest BCUT2D eigenvalue weighted by molar-refractivity contribution is -0.140. The molecule has 0 bridgehead atoms. The Morgan fingerprint density at radius 1 is 1.07 bits per heavy atom. The molecule has 16 nitrogen and oxygen atoms in total. The summed E-state index contributed by atoms with van der Waals surface area (Å²) in [5.74, 6) is -4.67. The summed E-state index contributed by atoms with van der Waals surface area (Å²) in [5.41, 5.74) is 0.622. The Morgan fingerprint density at radius 3 is 2.47 bits per heavy atom. The first-order valence-corrected chi connectivity index (χ1v) is 14.0. The molecule has 43 heavy (non-hydrogen) atoms. The van der Waals surface area contributed by atoms with Gasteiger partial charge >= 0.3 is 11.9 Å². The second-order valence-electron chi connectivity index (χ2n) is 10.2. The van der Waals surface area contributed by atoms with E-state index >= 15 is 0 Å². The van der Waals surface area contributed by atoms with E-state index < -0.39 is 72.5 Å². The molecular formula is C27H36N8O8. The van der Waals surface area contributed by atoms with Crippen LogP contribution in [0.1, 0.15) is 57.9 Å². The number of nitrogens with zero attached hydrogens (tertiary/aromatic N) is 5. The third kappa shape index (κ3) is 9.11. The molecule has 3 rings (SSSR count). The van der Waals surface area contributed by atoms with Gasteiger partial charge in [0.15, 0.2) is 6.67 Å². The van der Waals surface area contributed by atoms with Crippen molar-refractivity contribution in [1.82, 2.24) is 20.9 Å². The number of carboxylic acid groups (broad SMARTS) is 2. The third-order valence-electron chi connectivity index (χ3n) is 7.15. The van der Waals surface area contributed by atoms with E-state index in [0.717, 1.165) is 0 Å². The maximum absolute atomic E-state index is 14.0. The number of azo groups is 1. The summed E-state index contributed by atoms with van der Waals surface area (Å²) < 4.78 is 0. The zero-order valence-corrected chi connectivity index (χ0v) is 24.0. The molecule has 1 aromatic rings. The van der Waals surface area contributed by atoms with Gasteiger partial charge in [0, 0.05) is 38.4 Å². The largest absolute Gasteiger partial charge is 0.481 e. The third-order valence-corrected chi connectivity index (χ3v) is 7.15. The molecule has 0 aromatic carbocycles. The number of anilines is 1. The van der Waals surface area contributed by atoms with Crippen LogP contribution in [0.25, 0.3) is 0 Å². The Balaban J connectivity index is 1.82. The summed E-state index contributed by atoms with van der Waals surface area (Å²) in [4.78, 5) is 85.0. The zero-order valence-electron chi connectivity index (χ0n) is 24.0. The molecule has 0 unspecified atom stereocenters. The number of carbonyl (C=O) groups is 6. The van der Waals surface area contributed by atoms with E-state index in [4.69, 9.17) is 5.11 Å². The predicted octanol–water partition coefficient (Wildman–Crippen LogP) is 0.413. The molecule has 16 heteroatoms. The van der Waals surface area contributed by atoms with Gasteiger partial charge in [-0.3, -0.25) is 33.7 Å². The number of aliphatic carboxylic acids is 2. The molecular weight excluding hydrogens is 564 g/mol. The summed E-state index contributed by atoms with van der Waals surface area (Å²) >= 11 is 0. The van der Waals surface area contributed by atoms with Crippen molar-refractivity contribution in [3.63, 3.8) is 0 Å². The molecule has 0 saturated carbocycles. The van der Waals surface area contributed by atoms with Crippen molar-refractivity contribution in [2.24, 2.45) is 21.1 Å². The summed E-state index contributed by atoms with van der Waals surface area (Å²) in [5, 5.41) is 33.7. The first-order valence-electron chi connectivity index (χ1n) is 14.0. The average molecular weight is 601 g/mol. The molecule has 0 aliphatic carbocycles. The van der Waals surface area contributed by atoms with Gasteiger partial charge in [0.05, 0.1) is 6.42 Å². The SMILES string of the molecule is CC[C@H](C)[C@H](NC(=O)CCC(=O)O)C(=O)N[C@@H](CCC(=O)O)C(=O)N1c2ncccc2C[C@H]1C(=O)NCCC1=NCN=N1. The van der Waals surface area contributed by atoms with Crippen molar-refractivity contribution in [1.29, 1.82) is 0 Å². The minimum absolute atomic E-state index is 0.149. The minimum Gasteiger partial charge on any atom is -0.481 e. The van der Waals surface area contributed by atoms with Crippen LogP contribution in [-0.2, 0) is 35.2 Å². The fourth-order valence-electron chi connectivity index (χ4n) is 4.65. The van der Waals surface area contributed by atoms with Gasteiger partial charge in [0.1, 0.15) is 29.8 Å². The van der Waals surface area contributed by atoms with Crippen molar-refractivity contribution in [2.75, 3.05) is 18.1 Å².